The van der Waals surface area contributed by atoms with E-state index < -0.39 is 11.0 Å². The maximum absolute atomic E-state index is 12.0. The minimum atomic E-state index is -1.00. The van der Waals surface area contributed by atoms with Crippen molar-refractivity contribution < 1.29 is 14.7 Å². The molecule has 0 aromatic heterocycles. The molecule has 1 aliphatic carbocycles. The van der Waals surface area contributed by atoms with Crippen LogP contribution in [0.1, 0.15) is 51.2 Å². The van der Waals surface area contributed by atoms with E-state index in [2.05, 4.69) is 10.6 Å². The Labute approximate surface area is 143 Å². The second-order valence-corrected chi connectivity index (χ2v) is 7.57. The molecule has 2 amide bonds. The van der Waals surface area contributed by atoms with E-state index in [1.807, 2.05) is 45.0 Å². The van der Waals surface area contributed by atoms with Gasteiger partial charge in [0.05, 0.1) is 6.54 Å². The third-order valence-corrected chi connectivity index (χ3v) is 4.45. The second-order valence-electron chi connectivity index (χ2n) is 7.57. The summed E-state index contributed by atoms with van der Waals surface area (Å²) in [6, 6.07) is 7.85. The van der Waals surface area contributed by atoms with Gasteiger partial charge in [-0.3, -0.25) is 9.59 Å². The lowest BCUT2D eigenvalue weighted by Crippen LogP contribution is -2.44. The standard InChI is InChI=1S/C19H28N2O3/c1-18(2,3)17(23)20-12-10-16(22)21-13-19(24)11-6-8-14-7-4-5-9-15(14)19/h4-5,7,9,24H,6,8,10-13H2,1-3H3,(H,20,23)(H,21,22)/t19-/m1/s1. The molecule has 0 bridgehead atoms. The van der Waals surface area contributed by atoms with Crippen LogP contribution in [0.5, 0.6) is 0 Å². The third-order valence-electron chi connectivity index (χ3n) is 4.45. The molecular weight excluding hydrogens is 304 g/mol. The van der Waals surface area contributed by atoms with Crippen LogP contribution in [0.3, 0.4) is 0 Å². The first-order chi connectivity index (χ1) is 11.2. The van der Waals surface area contributed by atoms with E-state index in [1.54, 1.807) is 0 Å². The Morgan fingerprint density at radius 3 is 2.62 bits per heavy atom. The summed E-state index contributed by atoms with van der Waals surface area (Å²) in [7, 11) is 0. The Hall–Kier alpha value is -1.88. The zero-order valence-corrected chi connectivity index (χ0v) is 14.8. The van der Waals surface area contributed by atoms with Gasteiger partial charge in [0.2, 0.25) is 11.8 Å². The van der Waals surface area contributed by atoms with Crippen molar-refractivity contribution in [1.29, 1.82) is 0 Å². The second kappa shape index (κ2) is 7.34. The molecule has 0 aliphatic heterocycles. The summed E-state index contributed by atoms with van der Waals surface area (Å²) in [4.78, 5) is 23.8. The van der Waals surface area contributed by atoms with Crippen LogP contribution in [0.2, 0.25) is 0 Å². The van der Waals surface area contributed by atoms with Gasteiger partial charge in [-0.2, -0.15) is 0 Å². The van der Waals surface area contributed by atoms with Crippen molar-refractivity contribution in [2.75, 3.05) is 13.1 Å². The Kier molecular flexibility index (Phi) is 5.65. The first-order valence-electron chi connectivity index (χ1n) is 8.58. The lowest BCUT2D eigenvalue weighted by molar-refractivity contribution is -0.128. The monoisotopic (exact) mass is 332 g/mol. The molecule has 1 aromatic carbocycles. The van der Waals surface area contributed by atoms with Gasteiger partial charge in [-0.25, -0.2) is 0 Å². The number of hydrogen-bond donors (Lipinski definition) is 3. The smallest absolute Gasteiger partial charge is 0.225 e. The van der Waals surface area contributed by atoms with Crippen molar-refractivity contribution in [3.8, 4) is 0 Å². The Morgan fingerprint density at radius 2 is 1.92 bits per heavy atom. The predicted molar refractivity (Wildman–Crippen MR) is 93.4 cm³/mol. The van der Waals surface area contributed by atoms with E-state index >= 15 is 0 Å². The van der Waals surface area contributed by atoms with Crippen LogP contribution in [-0.2, 0) is 21.6 Å². The fourth-order valence-corrected chi connectivity index (χ4v) is 2.97. The number of amides is 2. The van der Waals surface area contributed by atoms with Gasteiger partial charge < -0.3 is 15.7 Å². The highest BCUT2D eigenvalue weighted by molar-refractivity contribution is 5.82. The summed E-state index contributed by atoms with van der Waals surface area (Å²) in [5.41, 5.74) is 0.604. The Morgan fingerprint density at radius 1 is 1.21 bits per heavy atom. The summed E-state index contributed by atoms with van der Waals surface area (Å²) in [6.07, 6.45) is 2.72. The molecule has 3 N–H and O–H groups in total. The van der Waals surface area contributed by atoms with Crippen molar-refractivity contribution in [1.82, 2.24) is 10.6 Å². The van der Waals surface area contributed by atoms with Gasteiger partial charge in [0.25, 0.3) is 0 Å². The van der Waals surface area contributed by atoms with Gasteiger partial charge >= 0.3 is 0 Å². The molecule has 1 atom stereocenters. The maximum atomic E-state index is 12.0. The lowest BCUT2D eigenvalue weighted by atomic mass is 9.79. The quantitative estimate of drug-likeness (QED) is 0.770. The van der Waals surface area contributed by atoms with Crippen LogP contribution in [0.15, 0.2) is 24.3 Å². The Bertz CT molecular complexity index is 607. The van der Waals surface area contributed by atoms with E-state index in [9.17, 15) is 14.7 Å². The number of carbonyl (C=O) groups is 2. The molecule has 0 fully saturated rings. The van der Waals surface area contributed by atoms with Crippen LogP contribution < -0.4 is 10.6 Å². The first kappa shape index (κ1) is 18.5. The van der Waals surface area contributed by atoms with Gasteiger partial charge in [-0.1, -0.05) is 45.0 Å². The molecule has 0 unspecified atom stereocenters. The zero-order valence-electron chi connectivity index (χ0n) is 14.8. The number of rotatable bonds is 5. The fraction of sp³-hybridized carbons (Fsp3) is 0.579. The number of nitrogens with one attached hydrogen (secondary N) is 2. The van der Waals surface area contributed by atoms with Crippen molar-refractivity contribution in [3.63, 3.8) is 0 Å². The molecule has 24 heavy (non-hydrogen) atoms. The molecule has 5 nitrogen and oxygen atoms in total. The zero-order chi connectivity index (χ0) is 17.8. The number of benzene rings is 1. The summed E-state index contributed by atoms with van der Waals surface area (Å²) in [6.45, 7) is 6.00. The molecule has 1 aliphatic rings. The lowest BCUT2D eigenvalue weighted by Gasteiger charge is -2.34. The number of hydrogen-bond acceptors (Lipinski definition) is 3. The minimum Gasteiger partial charge on any atom is -0.383 e. The van der Waals surface area contributed by atoms with Crippen molar-refractivity contribution in [2.24, 2.45) is 5.41 Å². The largest absolute Gasteiger partial charge is 0.383 e. The molecule has 2 rings (SSSR count). The average Bonchev–Trinajstić information content (AvgIpc) is 2.52. The molecular formula is C19H28N2O3. The number of fused-ring (bicyclic) bond motifs is 1. The van der Waals surface area contributed by atoms with Gasteiger partial charge in [0, 0.05) is 18.4 Å². The normalized spacial score (nSPS) is 20.2. The molecule has 0 spiro atoms. The van der Waals surface area contributed by atoms with Crippen LogP contribution in [-0.4, -0.2) is 30.0 Å². The number of aliphatic hydroxyl groups is 1. The summed E-state index contributed by atoms with van der Waals surface area (Å²) >= 11 is 0. The SMILES string of the molecule is CC(C)(C)C(=O)NCCC(=O)NC[C@]1(O)CCCc2ccccc21. The van der Waals surface area contributed by atoms with Crippen molar-refractivity contribution >= 4 is 11.8 Å². The maximum Gasteiger partial charge on any atom is 0.225 e. The molecule has 132 valence electrons. The van der Waals surface area contributed by atoms with Gasteiger partial charge in [-0.15, -0.1) is 0 Å². The van der Waals surface area contributed by atoms with Crippen molar-refractivity contribution in [2.45, 2.75) is 52.1 Å². The van der Waals surface area contributed by atoms with E-state index in [0.29, 0.717) is 13.0 Å². The van der Waals surface area contributed by atoms with Crippen LogP contribution in [0.4, 0.5) is 0 Å². The van der Waals surface area contributed by atoms with E-state index in [-0.39, 0.29) is 24.8 Å². The summed E-state index contributed by atoms with van der Waals surface area (Å²) < 4.78 is 0. The van der Waals surface area contributed by atoms with E-state index in [4.69, 9.17) is 0 Å². The molecule has 0 radical (unpaired) electrons. The molecule has 0 heterocycles. The van der Waals surface area contributed by atoms with Gasteiger partial charge in [0.1, 0.15) is 5.60 Å². The van der Waals surface area contributed by atoms with Gasteiger partial charge in [-0.05, 0) is 30.4 Å². The van der Waals surface area contributed by atoms with Gasteiger partial charge in [0.15, 0.2) is 0 Å². The van der Waals surface area contributed by atoms with Crippen molar-refractivity contribution in [3.05, 3.63) is 35.4 Å². The predicted octanol–water partition coefficient (Wildman–Crippen LogP) is 1.88. The molecule has 0 saturated heterocycles. The highest BCUT2D eigenvalue weighted by atomic mass is 16.3. The summed E-state index contributed by atoms with van der Waals surface area (Å²) in [5.74, 6) is -0.240. The van der Waals surface area contributed by atoms with Crippen LogP contribution >= 0.6 is 0 Å². The number of aryl methyl sites for hydroxylation is 1. The molecule has 5 heteroatoms. The average molecular weight is 332 g/mol. The highest BCUT2D eigenvalue weighted by Crippen LogP contribution is 2.34. The first-order valence-corrected chi connectivity index (χ1v) is 8.58. The fourth-order valence-electron chi connectivity index (χ4n) is 2.97. The van der Waals surface area contributed by atoms with Crippen LogP contribution in [0, 0.1) is 5.41 Å². The Balaban J connectivity index is 1.83. The van der Waals surface area contributed by atoms with E-state index in [0.717, 1.165) is 24.0 Å². The minimum absolute atomic E-state index is 0.0739. The topological polar surface area (TPSA) is 78.4 Å². The van der Waals surface area contributed by atoms with E-state index in [1.165, 1.54) is 0 Å². The highest BCUT2D eigenvalue weighted by Gasteiger charge is 2.34. The molecule has 1 aromatic rings. The third kappa shape index (κ3) is 4.57. The number of carbonyl (C=O) groups excluding carboxylic acids is 2. The summed E-state index contributed by atoms with van der Waals surface area (Å²) in [5, 5.41) is 16.5. The van der Waals surface area contributed by atoms with Crippen LogP contribution in [0.25, 0.3) is 0 Å². The molecule has 0 saturated carbocycles.